The average molecular weight is 368 g/mol. The molecule has 1 heterocycles. The van der Waals surface area contributed by atoms with Gasteiger partial charge in [-0.3, -0.25) is 0 Å². The zero-order valence-corrected chi connectivity index (χ0v) is 16.9. The Balaban J connectivity index is 1.50. The molecule has 0 spiro atoms. The van der Waals surface area contributed by atoms with Gasteiger partial charge in [0.25, 0.3) is 0 Å². The topological polar surface area (TPSA) is 12.0 Å². The molecule has 0 fully saturated rings. The molecule has 1 nitrogen and oxygen atoms in total. The summed E-state index contributed by atoms with van der Waals surface area (Å²) in [4.78, 5) is 0. The molecule has 0 saturated carbocycles. The maximum atomic E-state index is 3.88. The second-order valence-corrected chi connectivity index (χ2v) is 9.03. The van der Waals surface area contributed by atoms with Gasteiger partial charge < -0.3 is 5.32 Å². The fourth-order valence-corrected chi connectivity index (χ4v) is 5.30. The van der Waals surface area contributed by atoms with Gasteiger partial charge in [0.2, 0.25) is 0 Å². The van der Waals surface area contributed by atoms with Crippen LogP contribution in [0, 0.1) is 17.3 Å². The third-order valence-electron chi connectivity index (χ3n) is 6.98. The van der Waals surface area contributed by atoms with Gasteiger partial charge in [-0.1, -0.05) is 98.4 Å². The summed E-state index contributed by atoms with van der Waals surface area (Å²) in [5, 5.41) is 3.88. The lowest BCUT2D eigenvalue weighted by Gasteiger charge is -2.48. The normalized spacial score (nSPS) is 30.1. The molecule has 0 aromatic heterocycles. The lowest BCUT2D eigenvalue weighted by molar-refractivity contribution is 0.252. The Morgan fingerprint density at radius 2 is 1.86 bits per heavy atom. The second-order valence-electron chi connectivity index (χ2n) is 9.03. The van der Waals surface area contributed by atoms with Crippen molar-refractivity contribution in [2.75, 3.05) is 0 Å². The maximum absolute atomic E-state index is 3.88. The van der Waals surface area contributed by atoms with Crippen molar-refractivity contribution >= 4 is 5.57 Å². The molecule has 1 N–H and O–H groups in total. The second kappa shape index (κ2) is 6.81. The molecule has 28 heavy (non-hydrogen) atoms. The lowest BCUT2D eigenvalue weighted by Crippen LogP contribution is -2.48. The molecule has 0 saturated heterocycles. The summed E-state index contributed by atoms with van der Waals surface area (Å²) in [5.41, 5.74) is 7.37. The van der Waals surface area contributed by atoms with Crippen LogP contribution < -0.4 is 5.32 Å². The fourth-order valence-electron chi connectivity index (χ4n) is 5.30. The number of benzene rings is 1. The summed E-state index contributed by atoms with van der Waals surface area (Å²) in [6.07, 6.45) is 22.2. The molecule has 1 aliphatic heterocycles. The number of hydrogen-bond donors (Lipinski definition) is 1. The third kappa shape index (κ3) is 2.94. The fraction of sp³-hybridized carbons (Fsp3) is 0.333. The molecule has 3 aliphatic carbocycles. The Hall–Kier alpha value is -2.54. The van der Waals surface area contributed by atoms with Gasteiger partial charge >= 0.3 is 0 Å². The maximum Gasteiger partial charge on any atom is 0.0516 e. The number of hydrogen-bond acceptors (Lipinski definition) is 1. The molecule has 0 radical (unpaired) electrons. The van der Waals surface area contributed by atoms with Crippen molar-refractivity contribution < 1.29 is 0 Å². The Bertz CT molecular complexity index is 949. The summed E-state index contributed by atoms with van der Waals surface area (Å²) in [5.74, 6) is 1.04. The van der Waals surface area contributed by atoms with Gasteiger partial charge in [-0.2, -0.15) is 0 Å². The molecular formula is C27H29N. The highest BCUT2D eigenvalue weighted by molar-refractivity contribution is 5.76. The van der Waals surface area contributed by atoms with Crippen LogP contribution in [0.4, 0.5) is 0 Å². The largest absolute Gasteiger partial charge is 0.381 e. The van der Waals surface area contributed by atoms with E-state index in [0.29, 0.717) is 17.9 Å². The predicted octanol–water partition coefficient (Wildman–Crippen LogP) is 6.36. The molecule has 0 bridgehead atoms. The van der Waals surface area contributed by atoms with E-state index in [-0.39, 0.29) is 5.41 Å². The van der Waals surface area contributed by atoms with E-state index >= 15 is 0 Å². The molecule has 1 aromatic rings. The van der Waals surface area contributed by atoms with Crippen LogP contribution in [0.2, 0.25) is 0 Å². The summed E-state index contributed by atoms with van der Waals surface area (Å²) in [6, 6.07) is 11.2. The molecule has 1 heteroatoms. The average Bonchev–Trinajstić information content (AvgIpc) is 2.75. The minimum Gasteiger partial charge on any atom is -0.381 e. The van der Waals surface area contributed by atoms with Crippen molar-refractivity contribution in [1.29, 1.82) is 0 Å². The van der Waals surface area contributed by atoms with Crippen molar-refractivity contribution in [3.8, 4) is 0 Å². The van der Waals surface area contributed by atoms with Gasteiger partial charge in [0.1, 0.15) is 0 Å². The van der Waals surface area contributed by atoms with Crippen LogP contribution in [0.15, 0.2) is 95.8 Å². The number of fused-ring (bicyclic) bond motifs is 1. The van der Waals surface area contributed by atoms with Crippen LogP contribution in [0.25, 0.3) is 5.57 Å². The monoisotopic (exact) mass is 367 g/mol. The molecule has 1 aromatic carbocycles. The first-order valence-electron chi connectivity index (χ1n) is 10.6. The Kier molecular flexibility index (Phi) is 4.27. The van der Waals surface area contributed by atoms with Gasteiger partial charge in [-0.15, -0.1) is 0 Å². The zero-order chi connectivity index (χ0) is 19.1. The smallest absolute Gasteiger partial charge is 0.0516 e. The quantitative estimate of drug-likeness (QED) is 0.641. The minimum absolute atomic E-state index is 0.121. The SMILES string of the molecule is CC1(C)C2=C(CCC(C3C=CC=CC3)=C2)NC2C=CC(c3ccccc3)=CC21. The van der Waals surface area contributed by atoms with E-state index in [2.05, 4.69) is 98.1 Å². The van der Waals surface area contributed by atoms with E-state index in [0.717, 1.165) is 12.8 Å². The summed E-state index contributed by atoms with van der Waals surface area (Å²) >= 11 is 0. The summed E-state index contributed by atoms with van der Waals surface area (Å²) < 4.78 is 0. The zero-order valence-electron chi connectivity index (χ0n) is 16.9. The van der Waals surface area contributed by atoms with E-state index in [1.807, 2.05) is 0 Å². The van der Waals surface area contributed by atoms with Gasteiger partial charge in [0.15, 0.2) is 0 Å². The van der Waals surface area contributed by atoms with Gasteiger partial charge in [-0.05, 0) is 41.4 Å². The van der Waals surface area contributed by atoms with Gasteiger partial charge in [0, 0.05) is 17.5 Å². The summed E-state index contributed by atoms with van der Waals surface area (Å²) in [6.45, 7) is 4.88. The molecule has 0 amide bonds. The van der Waals surface area contributed by atoms with Crippen LogP contribution in [0.1, 0.15) is 38.7 Å². The lowest BCUT2D eigenvalue weighted by atomic mass is 9.62. The molecule has 142 valence electrons. The van der Waals surface area contributed by atoms with Crippen LogP contribution in [0.3, 0.4) is 0 Å². The van der Waals surface area contributed by atoms with Crippen molar-refractivity contribution in [2.24, 2.45) is 17.3 Å². The first-order valence-corrected chi connectivity index (χ1v) is 10.6. The molecule has 3 atom stereocenters. The molecule has 4 aliphatic rings. The first kappa shape index (κ1) is 17.6. The number of allylic oxidation sites excluding steroid dienone is 10. The standard InChI is InChI=1S/C27H29N/c1-27(2)23-17-21(19-9-5-3-6-10-19)13-15-25(23)28-26-16-14-22(18-24(26)27)20-11-7-4-8-12-20/h3-11,13,15,17-18,20,23,25,28H,12,14,16H2,1-2H3. The van der Waals surface area contributed by atoms with Gasteiger partial charge in [-0.25, -0.2) is 0 Å². The van der Waals surface area contributed by atoms with Crippen molar-refractivity contribution in [3.05, 3.63) is 101 Å². The van der Waals surface area contributed by atoms with Crippen LogP contribution >= 0.6 is 0 Å². The number of nitrogens with one attached hydrogen (secondary N) is 1. The van der Waals surface area contributed by atoms with E-state index in [1.165, 1.54) is 28.8 Å². The van der Waals surface area contributed by atoms with Crippen LogP contribution in [0.5, 0.6) is 0 Å². The van der Waals surface area contributed by atoms with Crippen LogP contribution in [-0.4, -0.2) is 6.04 Å². The molecular weight excluding hydrogens is 338 g/mol. The van der Waals surface area contributed by atoms with E-state index in [9.17, 15) is 0 Å². The van der Waals surface area contributed by atoms with E-state index in [4.69, 9.17) is 0 Å². The van der Waals surface area contributed by atoms with Crippen molar-refractivity contribution in [2.45, 2.75) is 39.2 Å². The molecule has 5 rings (SSSR count). The van der Waals surface area contributed by atoms with E-state index in [1.54, 1.807) is 5.57 Å². The molecule has 3 unspecified atom stereocenters. The highest BCUT2D eigenvalue weighted by atomic mass is 15.0. The highest BCUT2D eigenvalue weighted by Gasteiger charge is 2.43. The Labute approximate surface area is 168 Å². The predicted molar refractivity (Wildman–Crippen MR) is 118 cm³/mol. The first-order chi connectivity index (χ1) is 13.6. The van der Waals surface area contributed by atoms with Crippen LogP contribution in [-0.2, 0) is 0 Å². The van der Waals surface area contributed by atoms with Crippen molar-refractivity contribution in [3.63, 3.8) is 0 Å². The minimum atomic E-state index is 0.121. The third-order valence-corrected chi connectivity index (χ3v) is 6.98. The van der Waals surface area contributed by atoms with Crippen molar-refractivity contribution in [1.82, 2.24) is 5.32 Å². The summed E-state index contributed by atoms with van der Waals surface area (Å²) in [7, 11) is 0. The van der Waals surface area contributed by atoms with E-state index < -0.39 is 0 Å². The number of rotatable bonds is 2. The van der Waals surface area contributed by atoms with Gasteiger partial charge in [0.05, 0.1) is 6.04 Å². The highest BCUT2D eigenvalue weighted by Crippen LogP contribution is 2.49. The Morgan fingerprint density at radius 3 is 2.64 bits per heavy atom. The Morgan fingerprint density at radius 1 is 1.00 bits per heavy atom.